The van der Waals surface area contributed by atoms with Crippen molar-refractivity contribution in [3.63, 3.8) is 0 Å². The minimum atomic E-state index is 0.647. The summed E-state index contributed by atoms with van der Waals surface area (Å²) in [6.45, 7) is 3.42. The Morgan fingerprint density at radius 1 is 1.55 bits per heavy atom. The van der Waals surface area contributed by atoms with Crippen LogP contribution in [-0.2, 0) is 0 Å². The van der Waals surface area contributed by atoms with Crippen molar-refractivity contribution in [2.75, 3.05) is 6.54 Å². The molecule has 0 saturated carbocycles. The largest absolute Gasteiger partial charge is 0.310 e. The van der Waals surface area contributed by atoms with E-state index >= 15 is 0 Å². The molecule has 1 fully saturated rings. The lowest BCUT2D eigenvalue weighted by molar-refractivity contribution is 0.359. The molecular weight excluding hydrogens is 134 g/mol. The smallest absolute Gasteiger partial charge is 0.0343 e. The average Bonchev–Trinajstić information content (AvgIpc) is 2.06. The van der Waals surface area contributed by atoms with E-state index in [0.717, 1.165) is 5.92 Å². The van der Waals surface area contributed by atoms with Gasteiger partial charge in [-0.1, -0.05) is 23.8 Å². The molecule has 1 saturated heterocycles. The van der Waals surface area contributed by atoms with Gasteiger partial charge in [0, 0.05) is 6.04 Å². The number of hydrogen-bond donors (Lipinski definition) is 1. The summed E-state index contributed by atoms with van der Waals surface area (Å²) in [4.78, 5) is 0. The Morgan fingerprint density at radius 3 is 3.27 bits per heavy atom. The average molecular weight is 149 g/mol. The van der Waals surface area contributed by atoms with Crippen molar-refractivity contribution in [2.45, 2.75) is 25.8 Å². The van der Waals surface area contributed by atoms with Gasteiger partial charge in [-0.2, -0.15) is 0 Å². The second-order valence-corrected chi connectivity index (χ2v) is 3.53. The summed E-state index contributed by atoms with van der Waals surface area (Å²) in [5.74, 6) is 0.772. The zero-order chi connectivity index (χ0) is 7.68. The van der Waals surface area contributed by atoms with E-state index in [1.54, 1.807) is 0 Å². The molecule has 0 aromatic carbocycles. The first-order valence-corrected chi connectivity index (χ1v) is 4.46. The van der Waals surface area contributed by atoms with Crippen molar-refractivity contribution < 1.29 is 0 Å². The van der Waals surface area contributed by atoms with E-state index in [9.17, 15) is 0 Å². The van der Waals surface area contributed by atoms with E-state index in [0.29, 0.717) is 6.04 Å². The van der Waals surface area contributed by atoms with Gasteiger partial charge in [0.15, 0.2) is 0 Å². The van der Waals surface area contributed by atoms with Gasteiger partial charge in [-0.3, -0.25) is 0 Å². The lowest BCUT2D eigenvalue weighted by Crippen LogP contribution is -2.42. The molecular formula is C10H15N. The summed E-state index contributed by atoms with van der Waals surface area (Å²) in [6.07, 6.45) is 9.45. The molecule has 0 spiro atoms. The summed E-state index contributed by atoms with van der Waals surface area (Å²) in [7, 11) is 0. The summed E-state index contributed by atoms with van der Waals surface area (Å²) >= 11 is 0. The van der Waals surface area contributed by atoms with Crippen molar-refractivity contribution >= 4 is 0 Å². The molecule has 2 rings (SSSR count). The molecule has 1 heteroatoms. The van der Waals surface area contributed by atoms with E-state index in [2.05, 4.69) is 30.5 Å². The van der Waals surface area contributed by atoms with Gasteiger partial charge >= 0.3 is 0 Å². The Labute approximate surface area is 68.2 Å². The van der Waals surface area contributed by atoms with E-state index in [-0.39, 0.29) is 0 Å². The van der Waals surface area contributed by atoms with Crippen molar-refractivity contribution in [2.24, 2.45) is 5.92 Å². The van der Waals surface area contributed by atoms with Gasteiger partial charge in [-0.25, -0.2) is 0 Å². The Hall–Kier alpha value is -0.560. The fourth-order valence-corrected chi connectivity index (χ4v) is 2.07. The first kappa shape index (κ1) is 7.11. The lowest BCUT2D eigenvalue weighted by Gasteiger charge is -2.33. The minimum absolute atomic E-state index is 0.647. The zero-order valence-corrected chi connectivity index (χ0v) is 7.01. The van der Waals surface area contributed by atoms with Gasteiger partial charge in [0.2, 0.25) is 0 Å². The van der Waals surface area contributed by atoms with Gasteiger partial charge in [-0.05, 0) is 32.2 Å². The van der Waals surface area contributed by atoms with Crippen molar-refractivity contribution in [3.8, 4) is 0 Å². The second kappa shape index (κ2) is 2.82. The number of hydrogen-bond acceptors (Lipinski definition) is 1. The lowest BCUT2D eigenvalue weighted by atomic mass is 9.83. The third-order valence-corrected chi connectivity index (χ3v) is 2.71. The molecule has 60 valence electrons. The van der Waals surface area contributed by atoms with Gasteiger partial charge < -0.3 is 5.32 Å². The molecule has 0 aromatic rings. The first-order chi connectivity index (χ1) is 5.38. The van der Waals surface area contributed by atoms with Crippen molar-refractivity contribution in [1.82, 2.24) is 5.32 Å². The molecule has 1 aliphatic heterocycles. The standard InChI is InChI=1S/C10H15N/c1-8-4-2-5-9-6-3-7-11-10(8)9/h2,4-5,9-11H,3,6-7H2,1H3. The molecule has 1 nitrogen and oxygen atoms in total. The number of piperidine rings is 1. The highest BCUT2D eigenvalue weighted by Crippen LogP contribution is 2.25. The second-order valence-electron chi connectivity index (χ2n) is 3.53. The summed E-state index contributed by atoms with van der Waals surface area (Å²) in [5.41, 5.74) is 1.50. The number of nitrogens with one attached hydrogen (secondary N) is 1. The predicted molar refractivity (Wildman–Crippen MR) is 47.4 cm³/mol. The molecule has 2 unspecified atom stereocenters. The minimum Gasteiger partial charge on any atom is -0.310 e. The highest BCUT2D eigenvalue weighted by molar-refractivity contribution is 5.25. The maximum absolute atomic E-state index is 3.55. The molecule has 1 aliphatic carbocycles. The summed E-state index contributed by atoms with van der Waals surface area (Å²) in [6, 6.07) is 0.647. The molecule has 0 bridgehead atoms. The molecule has 0 amide bonds. The van der Waals surface area contributed by atoms with Crippen LogP contribution >= 0.6 is 0 Å². The van der Waals surface area contributed by atoms with Gasteiger partial charge in [0.1, 0.15) is 0 Å². The van der Waals surface area contributed by atoms with Crippen LogP contribution in [0.2, 0.25) is 0 Å². The third-order valence-electron chi connectivity index (χ3n) is 2.71. The van der Waals surface area contributed by atoms with Crippen LogP contribution in [-0.4, -0.2) is 12.6 Å². The van der Waals surface area contributed by atoms with Crippen LogP contribution in [0.3, 0.4) is 0 Å². The maximum atomic E-state index is 3.55. The fraction of sp³-hybridized carbons (Fsp3) is 0.600. The molecule has 0 radical (unpaired) electrons. The van der Waals surface area contributed by atoms with Crippen LogP contribution in [0.1, 0.15) is 19.8 Å². The van der Waals surface area contributed by atoms with E-state index in [1.165, 1.54) is 25.0 Å². The molecule has 11 heavy (non-hydrogen) atoms. The van der Waals surface area contributed by atoms with E-state index in [4.69, 9.17) is 0 Å². The topological polar surface area (TPSA) is 12.0 Å². The van der Waals surface area contributed by atoms with Crippen LogP contribution in [0.25, 0.3) is 0 Å². The van der Waals surface area contributed by atoms with Crippen molar-refractivity contribution in [1.29, 1.82) is 0 Å². The van der Waals surface area contributed by atoms with Crippen LogP contribution in [0.4, 0.5) is 0 Å². The molecule has 2 aliphatic rings. The highest BCUT2D eigenvalue weighted by Gasteiger charge is 2.24. The normalized spacial score (nSPS) is 36.3. The Morgan fingerprint density at radius 2 is 2.45 bits per heavy atom. The van der Waals surface area contributed by atoms with Crippen LogP contribution < -0.4 is 5.32 Å². The Kier molecular flexibility index (Phi) is 1.82. The Bertz CT molecular complexity index is 203. The van der Waals surface area contributed by atoms with Gasteiger partial charge in [0.05, 0.1) is 0 Å². The monoisotopic (exact) mass is 149 g/mol. The molecule has 2 atom stereocenters. The number of allylic oxidation sites excluding steroid dienone is 2. The maximum Gasteiger partial charge on any atom is 0.0343 e. The summed E-state index contributed by atoms with van der Waals surface area (Å²) < 4.78 is 0. The Balaban J connectivity index is 2.16. The third kappa shape index (κ3) is 1.25. The fourth-order valence-electron chi connectivity index (χ4n) is 2.07. The number of fused-ring (bicyclic) bond motifs is 1. The van der Waals surface area contributed by atoms with Crippen LogP contribution in [0, 0.1) is 5.92 Å². The van der Waals surface area contributed by atoms with Gasteiger partial charge in [-0.15, -0.1) is 0 Å². The molecule has 1 heterocycles. The van der Waals surface area contributed by atoms with Crippen molar-refractivity contribution in [3.05, 3.63) is 23.8 Å². The van der Waals surface area contributed by atoms with Gasteiger partial charge in [0.25, 0.3) is 0 Å². The predicted octanol–water partition coefficient (Wildman–Crippen LogP) is 1.87. The quantitative estimate of drug-likeness (QED) is 0.554. The zero-order valence-electron chi connectivity index (χ0n) is 7.01. The highest BCUT2D eigenvalue weighted by atomic mass is 14.9. The number of rotatable bonds is 0. The molecule has 1 N–H and O–H groups in total. The van der Waals surface area contributed by atoms with E-state index in [1.807, 2.05) is 0 Å². The van der Waals surface area contributed by atoms with E-state index < -0.39 is 0 Å². The SMILES string of the molecule is CC1=CC=CC2CCCNC12. The first-order valence-electron chi connectivity index (χ1n) is 4.46. The van der Waals surface area contributed by atoms with Crippen LogP contribution in [0.5, 0.6) is 0 Å². The molecule has 0 aromatic heterocycles. The van der Waals surface area contributed by atoms with Crippen LogP contribution in [0.15, 0.2) is 23.8 Å². The summed E-state index contributed by atoms with van der Waals surface area (Å²) in [5, 5.41) is 3.55.